The second-order valence-electron chi connectivity index (χ2n) is 5.73. The van der Waals surface area contributed by atoms with Crippen LogP contribution in [0.5, 0.6) is 5.75 Å². The molecule has 8 heteroatoms. The van der Waals surface area contributed by atoms with Gasteiger partial charge in [0.25, 0.3) is 0 Å². The van der Waals surface area contributed by atoms with Crippen molar-refractivity contribution >= 4 is 15.8 Å². The van der Waals surface area contributed by atoms with Crippen molar-refractivity contribution in [3.05, 3.63) is 66.0 Å². The summed E-state index contributed by atoms with van der Waals surface area (Å²) in [5.74, 6) is 0.138. The molecule has 0 fully saturated rings. The Morgan fingerprint density at radius 1 is 1.15 bits per heavy atom. The number of ether oxygens (including phenoxy) is 1. The van der Waals surface area contributed by atoms with E-state index in [0.29, 0.717) is 22.8 Å². The molecule has 3 aromatic rings. The Balaban J connectivity index is 1.85. The van der Waals surface area contributed by atoms with Crippen LogP contribution in [0.25, 0.3) is 11.3 Å². The van der Waals surface area contributed by atoms with E-state index in [1.165, 1.54) is 22.9 Å². The van der Waals surface area contributed by atoms with E-state index in [-0.39, 0.29) is 5.75 Å². The van der Waals surface area contributed by atoms with E-state index in [1.54, 1.807) is 32.4 Å². The fraction of sp³-hybridized carbons (Fsp3) is 0.167. The fourth-order valence-corrected chi connectivity index (χ4v) is 3.79. The summed E-state index contributed by atoms with van der Waals surface area (Å²) in [6.07, 6.45) is 0. The molecule has 1 aromatic heterocycles. The number of aryl methyl sites for hydroxylation is 1. The van der Waals surface area contributed by atoms with Crippen molar-refractivity contribution in [1.82, 2.24) is 9.78 Å². The van der Waals surface area contributed by atoms with Gasteiger partial charge in [0.15, 0.2) is 0 Å². The highest BCUT2D eigenvalue weighted by Gasteiger charge is 2.17. The molecule has 0 saturated carbocycles. The summed E-state index contributed by atoms with van der Waals surface area (Å²) in [5.41, 5.74) is 1.69. The molecule has 0 aliphatic carbocycles. The number of methoxy groups -OCH3 is 1. The number of anilines is 1. The molecular weight excluding hydrogens is 357 g/mol. The van der Waals surface area contributed by atoms with Crippen LogP contribution in [0.4, 0.5) is 10.2 Å². The zero-order valence-electron chi connectivity index (χ0n) is 14.3. The van der Waals surface area contributed by atoms with Gasteiger partial charge in [-0.15, -0.1) is 0 Å². The number of hydrogen-bond donors (Lipinski definition) is 1. The predicted octanol–water partition coefficient (Wildman–Crippen LogP) is 3.18. The fourth-order valence-electron chi connectivity index (χ4n) is 2.59. The van der Waals surface area contributed by atoms with Gasteiger partial charge in [-0.05, 0) is 29.8 Å². The van der Waals surface area contributed by atoms with E-state index >= 15 is 0 Å². The maximum Gasteiger partial charge on any atom is 0.238 e. The molecule has 26 heavy (non-hydrogen) atoms. The van der Waals surface area contributed by atoms with Gasteiger partial charge in [-0.3, -0.25) is 9.40 Å². The summed E-state index contributed by atoms with van der Waals surface area (Å²) < 4.78 is 47.3. The first-order chi connectivity index (χ1) is 12.4. The zero-order valence-corrected chi connectivity index (χ0v) is 15.1. The maximum atomic E-state index is 13.3. The second kappa shape index (κ2) is 7.17. The van der Waals surface area contributed by atoms with Crippen molar-refractivity contribution in [2.24, 2.45) is 7.05 Å². The summed E-state index contributed by atoms with van der Waals surface area (Å²) in [6.45, 7) is 0. The van der Waals surface area contributed by atoms with Crippen molar-refractivity contribution in [3.8, 4) is 17.0 Å². The van der Waals surface area contributed by atoms with Crippen LogP contribution in [-0.2, 0) is 22.8 Å². The Morgan fingerprint density at radius 2 is 1.92 bits per heavy atom. The number of halogens is 1. The molecule has 0 unspecified atom stereocenters. The summed E-state index contributed by atoms with van der Waals surface area (Å²) in [5, 5.41) is 4.34. The number of hydrogen-bond acceptors (Lipinski definition) is 4. The van der Waals surface area contributed by atoms with Crippen LogP contribution in [-0.4, -0.2) is 25.3 Å². The van der Waals surface area contributed by atoms with Crippen LogP contribution >= 0.6 is 0 Å². The molecule has 1 N–H and O–H groups in total. The first-order valence-electron chi connectivity index (χ1n) is 7.80. The highest BCUT2D eigenvalue weighted by Crippen LogP contribution is 2.30. The van der Waals surface area contributed by atoms with Gasteiger partial charge in [0.05, 0.1) is 18.6 Å². The average molecular weight is 375 g/mol. The number of sulfonamides is 1. The Kier molecular flexibility index (Phi) is 4.94. The molecule has 0 aliphatic heterocycles. The maximum absolute atomic E-state index is 13.3. The highest BCUT2D eigenvalue weighted by atomic mass is 32.2. The lowest BCUT2D eigenvalue weighted by atomic mass is 10.1. The molecule has 0 amide bonds. The first-order valence-corrected chi connectivity index (χ1v) is 9.45. The Labute approximate surface area is 151 Å². The number of nitrogens with one attached hydrogen (secondary N) is 1. The van der Waals surface area contributed by atoms with E-state index in [2.05, 4.69) is 9.82 Å². The Morgan fingerprint density at radius 3 is 2.65 bits per heavy atom. The normalized spacial score (nSPS) is 11.3. The van der Waals surface area contributed by atoms with Crippen molar-refractivity contribution in [2.45, 2.75) is 5.75 Å². The van der Waals surface area contributed by atoms with E-state index in [9.17, 15) is 12.8 Å². The SMILES string of the molecule is COc1ccccc1-c1cc(NS(=O)(=O)Cc2cccc(F)c2)n(C)n1. The van der Waals surface area contributed by atoms with Crippen LogP contribution in [0.3, 0.4) is 0 Å². The van der Waals surface area contributed by atoms with Gasteiger partial charge in [0.1, 0.15) is 17.4 Å². The highest BCUT2D eigenvalue weighted by molar-refractivity contribution is 7.91. The molecule has 0 aliphatic rings. The molecule has 0 spiro atoms. The summed E-state index contributed by atoms with van der Waals surface area (Å²) >= 11 is 0. The number of aromatic nitrogens is 2. The van der Waals surface area contributed by atoms with Crippen molar-refractivity contribution < 1.29 is 17.5 Å². The minimum atomic E-state index is -3.72. The Hall–Kier alpha value is -2.87. The third kappa shape index (κ3) is 4.02. The van der Waals surface area contributed by atoms with Crippen LogP contribution < -0.4 is 9.46 Å². The van der Waals surface area contributed by atoms with Crippen LogP contribution in [0.2, 0.25) is 0 Å². The largest absolute Gasteiger partial charge is 0.496 e. The lowest BCUT2D eigenvalue weighted by Gasteiger charge is -2.08. The molecule has 136 valence electrons. The van der Waals surface area contributed by atoms with Crippen molar-refractivity contribution in [2.75, 3.05) is 11.8 Å². The lowest BCUT2D eigenvalue weighted by molar-refractivity contribution is 0.416. The third-order valence-corrected chi connectivity index (χ3v) is 5.00. The number of benzene rings is 2. The zero-order chi connectivity index (χ0) is 18.7. The van der Waals surface area contributed by atoms with Gasteiger partial charge in [-0.2, -0.15) is 5.10 Å². The molecule has 1 heterocycles. The quantitative estimate of drug-likeness (QED) is 0.718. The summed E-state index contributed by atoms with van der Waals surface area (Å²) in [4.78, 5) is 0. The van der Waals surface area contributed by atoms with Gasteiger partial charge in [-0.25, -0.2) is 12.8 Å². The van der Waals surface area contributed by atoms with Crippen molar-refractivity contribution in [1.29, 1.82) is 0 Å². The lowest BCUT2D eigenvalue weighted by Crippen LogP contribution is -2.17. The topological polar surface area (TPSA) is 73.2 Å². The van der Waals surface area contributed by atoms with Crippen LogP contribution in [0, 0.1) is 5.82 Å². The minimum Gasteiger partial charge on any atom is -0.496 e. The average Bonchev–Trinajstić information content (AvgIpc) is 2.94. The smallest absolute Gasteiger partial charge is 0.238 e. The molecule has 0 bridgehead atoms. The molecule has 6 nitrogen and oxygen atoms in total. The second-order valence-corrected chi connectivity index (χ2v) is 7.45. The van der Waals surface area contributed by atoms with Gasteiger partial charge < -0.3 is 4.74 Å². The van der Waals surface area contributed by atoms with Crippen LogP contribution in [0.1, 0.15) is 5.56 Å². The van der Waals surface area contributed by atoms with E-state index < -0.39 is 15.8 Å². The standard InChI is InChI=1S/C18H18FN3O3S/c1-22-18(11-16(20-22)15-8-3-4-9-17(15)25-2)21-26(23,24)12-13-6-5-7-14(19)10-13/h3-11,21H,12H2,1-2H3. The summed E-state index contributed by atoms with van der Waals surface area (Å²) in [7, 11) is -0.522. The van der Waals surface area contributed by atoms with Crippen LogP contribution in [0.15, 0.2) is 54.6 Å². The first kappa shape index (κ1) is 17.9. The molecular formula is C18H18FN3O3S. The van der Waals surface area contributed by atoms with Crippen molar-refractivity contribution in [3.63, 3.8) is 0 Å². The Bertz CT molecular complexity index is 1030. The van der Waals surface area contributed by atoms with Gasteiger partial charge in [0.2, 0.25) is 10.0 Å². The molecule has 0 atom stereocenters. The van der Waals surface area contributed by atoms with E-state index in [1.807, 2.05) is 18.2 Å². The summed E-state index contributed by atoms with van der Waals surface area (Å²) in [6, 6.07) is 14.5. The third-order valence-electron chi connectivity index (χ3n) is 3.77. The predicted molar refractivity (Wildman–Crippen MR) is 97.8 cm³/mol. The molecule has 2 aromatic carbocycles. The van der Waals surface area contributed by atoms with E-state index in [0.717, 1.165) is 5.56 Å². The van der Waals surface area contributed by atoms with Gasteiger partial charge >= 0.3 is 0 Å². The molecule has 0 radical (unpaired) electrons. The minimum absolute atomic E-state index is 0.308. The number of rotatable bonds is 6. The number of nitrogens with zero attached hydrogens (tertiary/aromatic N) is 2. The monoisotopic (exact) mass is 375 g/mol. The van der Waals surface area contributed by atoms with Gasteiger partial charge in [0, 0.05) is 18.7 Å². The van der Waals surface area contributed by atoms with Gasteiger partial charge in [-0.1, -0.05) is 24.3 Å². The molecule has 0 saturated heterocycles. The van der Waals surface area contributed by atoms with E-state index in [4.69, 9.17) is 4.74 Å². The number of para-hydroxylation sites is 1. The molecule has 3 rings (SSSR count).